The summed E-state index contributed by atoms with van der Waals surface area (Å²) in [5.74, 6) is 1.39. The van der Waals surface area contributed by atoms with Crippen LogP contribution in [0.15, 0.2) is 12.1 Å². The quantitative estimate of drug-likeness (QED) is 0.793. The molecule has 2 rings (SSSR count). The van der Waals surface area contributed by atoms with Crippen LogP contribution < -0.4 is 0 Å². The number of thioether (sulfide) groups is 1. The van der Waals surface area contributed by atoms with Gasteiger partial charge in [-0.15, -0.1) is 0 Å². The van der Waals surface area contributed by atoms with Gasteiger partial charge in [-0.05, 0) is 50.5 Å². The first-order valence-corrected chi connectivity index (χ1v) is 8.41. The zero-order valence-electron chi connectivity index (χ0n) is 13.2. The van der Waals surface area contributed by atoms with Crippen molar-refractivity contribution in [2.24, 2.45) is 0 Å². The van der Waals surface area contributed by atoms with Gasteiger partial charge in [0.1, 0.15) is 0 Å². The Labute approximate surface area is 126 Å². The Bertz CT molecular complexity index is 512. The molecule has 20 heavy (non-hydrogen) atoms. The van der Waals surface area contributed by atoms with Gasteiger partial charge in [-0.1, -0.05) is 13.0 Å². The van der Waals surface area contributed by atoms with Crippen LogP contribution in [0.1, 0.15) is 40.9 Å². The van der Waals surface area contributed by atoms with Crippen molar-refractivity contribution in [1.82, 2.24) is 4.90 Å². The molecule has 0 radical (unpaired) electrons. The number of hydrogen-bond donors (Lipinski definition) is 0. The van der Waals surface area contributed by atoms with Gasteiger partial charge in [0.15, 0.2) is 5.78 Å². The van der Waals surface area contributed by atoms with E-state index in [-0.39, 0.29) is 5.78 Å². The van der Waals surface area contributed by atoms with Gasteiger partial charge < -0.3 is 0 Å². The molecule has 0 amide bonds. The maximum absolute atomic E-state index is 12.6. The van der Waals surface area contributed by atoms with Crippen molar-refractivity contribution in [2.45, 2.75) is 45.9 Å². The molecule has 1 aliphatic heterocycles. The maximum atomic E-state index is 12.6. The van der Waals surface area contributed by atoms with Gasteiger partial charge in [0, 0.05) is 29.2 Å². The van der Waals surface area contributed by atoms with Crippen LogP contribution in [0.5, 0.6) is 0 Å². The number of hydrogen-bond acceptors (Lipinski definition) is 3. The number of Topliss-reactive ketones (excluding diaryl/α,β-unsaturated/α-hetero) is 1. The molecule has 1 aliphatic rings. The minimum atomic E-state index is 0.261. The average molecular weight is 291 g/mol. The van der Waals surface area contributed by atoms with Crippen molar-refractivity contribution in [2.75, 3.05) is 18.8 Å². The third kappa shape index (κ3) is 3.26. The predicted octanol–water partition coefficient (Wildman–Crippen LogP) is 3.62. The Morgan fingerprint density at radius 1 is 1.20 bits per heavy atom. The Balaban J connectivity index is 2.14. The lowest BCUT2D eigenvalue weighted by atomic mass is 9.97. The fourth-order valence-corrected chi connectivity index (χ4v) is 3.91. The monoisotopic (exact) mass is 291 g/mol. The molecule has 2 atom stereocenters. The highest BCUT2D eigenvalue weighted by Gasteiger charge is 2.27. The molecule has 0 bridgehead atoms. The van der Waals surface area contributed by atoms with Crippen LogP contribution in [-0.2, 0) is 0 Å². The lowest BCUT2D eigenvalue weighted by molar-refractivity contribution is 0.0901. The van der Waals surface area contributed by atoms with Crippen molar-refractivity contribution < 1.29 is 4.79 Å². The third-order valence-corrected chi connectivity index (χ3v) is 5.84. The molecule has 1 aromatic carbocycles. The Hall–Kier alpha value is -0.800. The molecule has 2 unspecified atom stereocenters. The zero-order chi connectivity index (χ0) is 14.9. The molecule has 1 fully saturated rings. The third-order valence-electron chi connectivity index (χ3n) is 4.50. The van der Waals surface area contributed by atoms with Crippen molar-refractivity contribution >= 4 is 17.5 Å². The first kappa shape index (κ1) is 15.6. The summed E-state index contributed by atoms with van der Waals surface area (Å²) in [5, 5.41) is 0.609. The fourth-order valence-electron chi connectivity index (χ4n) is 2.75. The highest BCUT2D eigenvalue weighted by atomic mass is 32.2. The van der Waals surface area contributed by atoms with E-state index in [4.69, 9.17) is 0 Å². The lowest BCUT2D eigenvalue weighted by Gasteiger charge is -2.37. The van der Waals surface area contributed by atoms with Gasteiger partial charge >= 0.3 is 0 Å². The minimum Gasteiger partial charge on any atom is -0.293 e. The molecule has 110 valence electrons. The predicted molar refractivity (Wildman–Crippen MR) is 87.9 cm³/mol. The number of ketones is 1. The molecule has 3 heteroatoms. The summed E-state index contributed by atoms with van der Waals surface area (Å²) in [6.45, 7) is 12.3. The molecular weight excluding hydrogens is 266 g/mol. The summed E-state index contributed by atoms with van der Waals surface area (Å²) in [7, 11) is 0. The van der Waals surface area contributed by atoms with Crippen LogP contribution in [0.2, 0.25) is 0 Å². The molecule has 0 aliphatic carbocycles. The molecule has 0 N–H and O–H groups in total. The van der Waals surface area contributed by atoms with Gasteiger partial charge in [0.25, 0.3) is 0 Å². The number of rotatable bonds is 3. The van der Waals surface area contributed by atoms with E-state index in [0.717, 1.165) is 23.4 Å². The molecule has 1 saturated heterocycles. The van der Waals surface area contributed by atoms with E-state index in [1.807, 2.05) is 18.7 Å². The summed E-state index contributed by atoms with van der Waals surface area (Å²) in [4.78, 5) is 14.9. The van der Waals surface area contributed by atoms with E-state index in [2.05, 4.69) is 44.7 Å². The van der Waals surface area contributed by atoms with Crippen LogP contribution >= 0.6 is 11.8 Å². The lowest BCUT2D eigenvalue weighted by Crippen LogP contribution is -2.46. The second-order valence-corrected chi connectivity index (χ2v) is 7.45. The molecule has 0 spiro atoms. The van der Waals surface area contributed by atoms with Gasteiger partial charge in [-0.2, -0.15) is 11.8 Å². The van der Waals surface area contributed by atoms with Crippen molar-refractivity contribution in [1.29, 1.82) is 0 Å². The van der Waals surface area contributed by atoms with E-state index < -0.39 is 0 Å². The minimum absolute atomic E-state index is 0.261. The summed E-state index contributed by atoms with van der Waals surface area (Å²) >= 11 is 2.01. The summed E-state index contributed by atoms with van der Waals surface area (Å²) in [6, 6.07) is 4.66. The molecular formula is C17H25NOS. The van der Waals surface area contributed by atoms with Crippen LogP contribution in [-0.4, -0.2) is 40.8 Å². The SMILES string of the molecule is Cc1cc(C)c(C(=O)CN2CCSC(C)C2C)cc1C. The van der Waals surface area contributed by atoms with E-state index in [9.17, 15) is 4.79 Å². The molecule has 1 heterocycles. The number of nitrogens with zero attached hydrogens (tertiary/aromatic N) is 1. The van der Waals surface area contributed by atoms with Crippen LogP contribution in [0.4, 0.5) is 0 Å². The van der Waals surface area contributed by atoms with Crippen LogP contribution in [0.3, 0.4) is 0 Å². The Morgan fingerprint density at radius 2 is 1.85 bits per heavy atom. The first-order chi connectivity index (χ1) is 9.40. The summed E-state index contributed by atoms with van der Waals surface area (Å²) in [5.41, 5.74) is 4.46. The fraction of sp³-hybridized carbons (Fsp3) is 0.588. The summed E-state index contributed by atoms with van der Waals surface area (Å²) in [6.07, 6.45) is 0. The molecule has 0 aromatic heterocycles. The highest BCUT2D eigenvalue weighted by Crippen LogP contribution is 2.25. The number of aryl methyl sites for hydroxylation is 3. The number of benzene rings is 1. The van der Waals surface area contributed by atoms with Gasteiger partial charge in [-0.25, -0.2) is 0 Å². The smallest absolute Gasteiger partial charge is 0.177 e. The van der Waals surface area contributed by atoms with Crippen LogP contribution in [0.25, 0.3) is 0 Å². The molecule has 2 nitrogen and oxygen atoms in total. The van der Waals surface area contributed by atoms with Crippen molar-refractivity contribution in [3.05, 3.63) is 34.4 Å². The maximum Gasteiger partial charge on any atom is 0.177 e. The summed E-state index contributed by atoms with van der Waals surface area (Å²) < 4.78 is 0. The van der Waals surface area contributed by atoms with Crippen LogP contribution in [0, 0.1) is 20.8 Å². The average Bonchev–Trinajstić information content (AvgIpc) is 2.39. The number of carbonyl (C=O) groups is 1. The van der Waals surface area contributed by atoms with Gasteiger partial charge in [0.2, 0.25) is 0 Å². The second kappa shape index (κ2) is 6.31. The zero-order valence-corrected chi connectivity index (χ0v) is 14.0. The second-order valence-electron chi connectivity index (χ2n) is 5.96. The standard InChI is InChI=1S/C17H25NOS/c1-11-8-13(3)16(9-12(11)2)17(19)10-18-6-7-20-15(5)14(18)4/h8-9,14-15H,6-7,10H2,1-5H3. The van der Waals surface area contributed by atoms with Crippen molar-refractivity contribution in [3.8, 4) is 0 Å². The van der Waals surface area contributed by atoms with Gasteiger partial charge in [-0.3, -0.25) is 9.69 Å². The van der Waals surface area contributed by atoms with Crippen molar-refractivity contribution in [3.63, 3.8) is 0 Å². The molecule has 1 aromatic rings. The van der Waals surface area contributed by atoms with E-state index >= 15 is 0 Å². The van der Waals surface area contributed by atoms with Gasteiger partial charge in [0.05, 0.1) is 6.54 Å². The van der Waals surface area contributed by atoms with E-state index in [0.29, 0.717) is 17.8 Å². The molecule has 0 saturated carbocycles. The highest BCUT2D eigenvalue weighted by molar-refractivity contribution is 8.00. The Kier molecular flexibility index (Phi) is 4.92. The topological polar surface area (TPSA) is 20.3 Å². The van der Waals surface area contributed by atoms with E-state index in [1.54, 1.807) is 0 Å². The van der Waals surface area contributed by atoms with E-state index in [1.165, 1.54) is 11.1 Å². The first-order valence-electron chi connectivity index (χ1n) is 7.37. The number of carbonyl (C=O) groups excluding carboxylic acids is 1. The Morgan fingerprint density at radius 3 is 2.55 bits per heavy atom. The normalized spacial score (nSPS) is 23.9. The largest absolute Gasteiger partial charge is 0.293 e.